The molecule has 2 aliphatic carbocycles. The minimum absolute atomic E-state index is 0.419. The first-order valence-corrected chi connectivity index (χ1v) is 11.3. The van der Waals surface area contributed by atoms with Crippen LogP contribution >= 0.6 is 0 Å². The molecular formula is C25H29N3O3. The Balaban J connectivity index is 1.59. The summed E-state index contributed by atoms with van der Waals surface area (Å²) < 4.78 is 5.65. The minimum Gasteiger partial charge on any atom is -0.449 e. The molecule has 31 heavy (non-hydrogen) atoms. The normalized spacial score (nSPS) is 20.9. The summed E-state index contributed by atoms with van der Waals surface area (Å²) in [5, 5.41) is 13.2. The number of rotatable bonds is 4. The van der Waals surface area contributed by atoms with Gasteiger partial charge in [-0.25, -0.2) is 4.79 Å². The molecule has 0 bridgehead atoms. The molecule has 1 N–H and O–H groups in total. The summed E-state index contributed by atoms with van der Waals surface area (Å²) in [4.78, 5) is 30.9. The van der Waals surface area contributed by atoms with Crippen LogP contribution in [-0.2, 0) is 22.4 Å². The highest BCUT2D eigenvalue weighted by atomic mass is 16.5. The Morgan fingerprint density at radius 1 is 1.26 bits per heavy atom. The zero-order chi connectivity index (χ0) is 22.0. The van der Waals surface area contributed by atoms with Gasteiger partial charge >= 0.3 is 5.97 Å². The highest BCUT2D eigenvalue weighted by Gasteiger charge is 2.36. The van der Waals surface area contributed by atoms with E-state index in [1.807, 2.05) is 24.3 Å². The van der Waals surface area contributed by atoms with E-state index in [0.717, 1.165) is 60.7 Å². The molecule has 1 aromatic heterocycles. The molecular weight excluding hydrogens is 390 g/mol. The number of para-hydroxylation sites is 1. The third-order valence-corrected chi connectivity index (χ3v) is 6.65. The van der Waals surface area contributed by atoms with Crippen LogP contribution < -0.4 is 5.32 Å². The Morgan fingerprint density at radius 3 is 2.74 bits per heavy atom. The van der Waals surface area contributed by atoms with Gasteiger partial charge in [-0.2, -0.15) is 5.26 Å². The van der Waals surface area contributed by atoms with Crippen molar-refractivity contribution in [3.8, 4) is 6.07 Å². The van der Waals surface area contributed by atoms with Crippen LogP contribution in [0.2, 0.25) is 0 Å². The van der Waals surface area contributed by atoms with Crippen LogP contribution in [0, 0.1) is 17.2 Å². The number of nitrogens with one attached hydrogen (secondary N) is 1. The van der Waals surface area contributed by atoms with Gasteiger partial charge in [0.2, 0.25) is 0 Å². The summed E-state index contributed by atoms with van der Waals surface area (Å²) in [6.07, 6.45) is 5.84. The molecule has 4 rings (SSSR count). The van der Waals surface area contributed by atoms with Crippen molar-refractivity contribution in [3.63, 3.8) is 0 Å². The summed E-state index contributed by atoms with van der Waals surface area (Å²) in [5.74, 6) is -0.455. The first-order chi connectivity index (χ1) is 14.9. The summed E-state index contributed by atoms with van der Waals surface area (Å²) in [6.45, 7) is 3.74. The van der Waals surface area contributed by atoms with Gasteiger partial charge in [0.15, 0.2) is 6.10 Å². The summed E-state index contributed by atoms with van der Waals surface area (Å²) >= 11 is 0. The molecule has 0 saturated heterocycles. The number of aryl methyl sites for hydroxylation is 1. The van der Waals surface area contributed by atoms with Gasteiger partial charge in [-0.15, -0.1) is 0 Å². The number of hydrogen-bond acceptors (Lipinski definition) is 5. The number of benzene rings is 1. The zero-order valence-corrected chi connectivity index (χ0v) is 18.2. The molecule has 1 saturated carbocycles. The highest BCUT2D eigenvalue weighted by Crippen LogP contribution is 2.32. The fourth-order valence-corrected chi connectivity index (χ4v) is 4.83. The largest absolute Gasteiger partial charge is 0.449 e. The predicted octanol–water partition coefficient (Wildman–Crippen LogP) is 4.25. The second-order valence-corrected chi connectivity index (χ2v) is 9.07. The Morgan fingerprint density at radius 2 is 2.00 bits per heavy atom. The van der Waals surface area contributed by atoms with E-state index < -0.39 is 23.5 Å². The lowest BCUT2D eigenvalue weighted by atomic mass is 9.82. The fourth-order valence-electron chi connectivity index (χ4n) is 4.83. The van der Waals surface area contributed by atoms with Crippen molar-refractivity contribution >= 4 is 22.8 Å². The maximum Gasteiger partial charge on any atom is 0.339 e. The number of carbonyl (C=O) groups is 2. The van der Waals surface area contributed by atoms with Gasteiger partial charge in [-0.3, -0.25) is 9.78 Å². The van der Waals surface area contributed by atoms with Crippen LogP contribution in [0.25, 0.3) is 10.9 Å². The van der Waals surface area contributed by atoms with Crippen LogP contribution in [0.3, 0.4) is 0 Å². The van der Waals surface area contributed by atoms with Crippen LogP contribution in [0.4, 0.5) is 0 Å². The van der Waals surface area contributed by atoms with Gasteiger partial charge in [0.25, 0.3) is 5.91 Å². The van der Waals surface area contributed by atoms with E-state index >= 15 is 0 Å². The van der Waals surface area contributed by atoms with Gasteiger partial charge in [-0.1, -0.05) is 44.4 Å². The average molecular weight is 420 g/mol. The van der Waals surface area contributed by atoms with Gasteiger partial charge in [0.05, 0.1) is 17.1 Å². The number of fused-ring (bicyclic) bond motifs is 2. The van der Waals surface area contributed by atoms with Crippen LogP contribution in [-0.4, -0.2) is 28.5 Å². The van der Waals surface area contributed by atoms with Crippen molar-refractivity contribution < 1.29 is 14.3 Å². The first kappa shape index (κ1) is 21.3. The Kier molecular flexibility index (Phi) is 5.95. The van der Waals surface area contributed by atoms with Crippen LogP contribution in [0.5, 0.6) is 0 Å². The van der Waals surface area contributed by atoms with E-state index in [0.29, 0.717) is 24.3 Å². The lowest BCUT2D eigenvalue weighted by Gasteiger charge is -2.32. The van der Waals surface area contributed by atoms with E-state index in [9.17, 15) is 14.9 Å². The Bertz CT molecular complexity index is 1050. The SMILES string of the molecule is C[C@H]1CCc2nc3ccccc3c(C(=O)O[C@H](C)C(=O)NC3(C#N)CCCCC3)c2C1. The standard InChI is InChI=1S/C25H29N3O3/c1-16-10-11-21-19(14-16)22(18-8-4-5-9-20(18)27-21)24(30)31-17(2)23(29)28-25(15-26)12-6-3-7-13-25/h4-5,8-9,16-17H,3,6-7,10-14H2,1-2H3,(H,28,29)/t16-,17+/m0/s1. The monoisotopic (exact) mass is 419 g/mol. The highest BCUT2D eigenvalue weighted by molar-refractivity contribution is 6.05. The minimum atomic E-state index is -0.983. The second-order valence-electron chi connectivity index (χ2n) is 9.07. The third kappa shape index (κ3) is 4.27. The summed E-state index contributed by atoms with van der Waals surface area (Å²) in [6, 6.07) is 9.86. The number of esters is 1. The summed E-state index contributed by atoms with van der Waals surface area (Å²) in [5.41, 5.74) is 2.33. The molecule has 1 heterocycles. The van der Waals surface area contributed by atoms with Crippen molar-refractivity contribution in [2.45, 2.75) is 76.9 Å². The molecule has 2 atom stereocenters. The summed E-state index contributed by atoms with van der Waals surface area (Å²) in [7, 11) is 0. The van der Waals surface area contributed by atoms with E-state index in [-0.39, 0.29) is 0 Å². The molecule has 1 fully saturated rings. The van der Waals surface area contributed by atoms with Crippen LogP contribution in [0.1, 0.15) is 74.0 Å². The number of amides is 1. The lowest BCUT2D eigenvalue weighted by molar-refractivity contribution is -0.130. The number of hydrogen-bond donors (Lipinski definition) is 1. The number of nitriles is 1. The molecule has 0 unspecified atom stereocenters. The Hall–Kier alpha value is -2.94. The molecule has 1 amide bonds. The van der Waals surface area contributed by atoms with Crippen molar-refractivity contribution in [1.29, 1.82) is 5.26 Å². The van der Waals surface area contributed by atoms with Gasteiger partial charge < -0.3 is 10.1 Å². The maximum absolute atomic E-state index is 13.3. The van der Waals surface area contributed by atoms with Crippen molar-refractivity contribution in [2.75, 3.05) is 0 Å². The molecule has 2 aromatic rings. The molecule has 6 nitrogen and oxygen atoms in total. The number of pyridine rings is 1. The molecule has 0 spiro atoms. The number of carbonyl (C=O) groups excluding carboxylic acids is 2. The molecule has 2 aliphatic rings. The van der Waals surface area contributed by atoms with E-state index in [2.05, 4.69) is 18.3 Å². The van der Waals surface area contributed by atoms with E-state index in [1.54, 1.807) is 6.92 Å². The number of nitrogens with zero attached hydrogens (tertiary/aromatic N) is 2. The smallest absolute Gasteiger partial charge is 0.339 e. The van der Waals surface area contributed by atoms with Crippen molar-refractivity contribution in [1.82, 2.24) is 10.3 Å². The lowest BCUT2D eigenvalue weighted by Crippen LogP contribution is -2.52. The molecule has 0 aliphatic heterocycles. The topological polar surface area (TPSA) is 92.1 Å². The first-order valence-electron chi connectivity index (χ1n) is 11.3. The van der Waals surface area contributed by atoms with Gasteiger partial charge in [0.1, 0.15) is 5.54 Å². The van der Waals surface area contributed by atoms with E-state index in [1.165, 1.54) is 0 Å². The molecule has 6 heteroatoms. The fraction of sp³-hybridized carbons (Fsp3) is 0.520. The van der Waals surface area contributed by atoms with E-state index in [4.69, 9.17) is 9.72 Å². The number of ether oxygens (including phenoxy) is 1. The van der Waals surface area contributed by atoms with Crippen LogP contribution in [0.15, 0.2) is 24.3 Å². The second kappa shape index (κ2) is 8.66. The predicted molar refractivity (Wildman–Crippen MR) is 117 cm³/mol. The average Bonchev–Trinajstić information content (AvgIpc) is 2.78. The zero-order valence-electron chi connectivity index (χ0n) is 18.2. The van der Waals surface area contributed by atoms with Gasteiger partial charge in [-0.05, 0) is 56.6 Å². The maximum atomic E-state index is 13.3. The van der Waals surface area contributed by atoms with Gasteiger partial charge in [0, 0.05) is 11.1 Å². The third-order valence-electron chi connectivity index (χ3n) is 6.65. The van der Waals surface area contributed by atoms with Crippen molar-refractivity contribution in [3.05, 3.63) is 41.1 Å². The Labute approximate surface area is 183 Å². The quantitative estimate of drug-likeness (QED) is 0.748. The molecule has 162 valence electrons. The number of aromatic nitrogens is 1. The molecule has 0 radical (unpaired) electrons. The molecule has 1 aromatic carbocycles. The van der Waals surface area contributed by atoms with Crippen molar-refractivity contribution in [2.24, 2.45) is 5.92 Å².